The largest absolute Gasteiger partial charge is 0.435 e. The van der Waals surface area contributed by atoms with Gasteiger partial charge >= 0.3 is 18.0 Å². The molecule has 0 aliphatic carbocycles. The Morgan fingerprint density at radius 1 is 0.939 bits per heavy atom. The molecule has 3 aromatic rings. The number of aryl methyl sites for hydroxylation is 2. The molecular formula is C21H15ClF7N3O. The van der Waals surface area contributed by atoms with E-state index < -0.39 is 29.5 Å². The van der Waals surface area contributed by atoms with Gasteiger partial charge in [0.05, 0.1) is 16.9 Å². The first-order valence-electron chi connectivity index (χ1n) is 9.21. The third kappa shape index (κ3) is 4.54. The molecule has 176 valence electrons. The van der Waals surface area contributed by atoms with Gasteiger partial charge in [-0.05, 0) is 49.2 Å². The third-order valence-electron chi connectivity index (χ3n) is 4.90. The van der Waals surface area contributed by atoms with E-state index in [0.717, 1.165) is 0 Å². The summed E-state index contributed by atoms with van der Waals surface area (Å²) in [4.78, 5) is 12.6. The first-order chi connectivity index (χ1) is 15.1. The van der Waals surface area contributed by atoms with Crippen molar-refractivity contribution < 1.29 is 35.5 Å². The second-order valence-electron chi connectivity index (χ2n) is 7.24. The van der Waals surface area contributed by atoms with Gasteiger partial charge in [0.2, 0.25) is 0 Å². The lowest BCUT2D eigenvalue weighted by Gasteiger charge is -2.31. The zero-order chi connectivity index (χ0) is 24.8. The third-order valence-corrected chi connectivity index (χ3v) is 5.09. The molecule has 4 nitrogen and oxygen atoms in total. The fourth-order valence-corrected chi connectivity index (χ4v) is 3.38. The Kier molecular flexibility index (Phi) is 6.22. The Hall–Kier alpha value is -3.08. The number of rotatable bonds is 4. The van der Waals surface area contributed by atoms with Crippen LogP contribution in [0.15, 0.2) is 48.8 Å². The van der Waals surface area contributed by atoms with Crippen molar-refractivity contribution in [2.45, 2.75) is 31.9 Å². The number of aromatic nitrogens is 2. The van der Waals surface area contributed by atoms with Gasteiger partial charge in [0.1, 0.15) is 0 Å². The summed E-state index contributed by atoms with van der Waals surface area (Å²) in [7, 11) is 0. The van der Waals surface area contributed by atoms with Crippen LogP contribution in [0.25, 0.3) is 5.69 Å². The number of alkyl halides is 7. The van der Waals surface area contributed by atoms with Crippen LogP contribution in [0.4, 0.5) is 36.4 Å². The first-order valence-corrected chi connectivity index (χ1v) is 9.59. The Balaban J connectivity index is 1.90. The Labute approximate surface area is 188 Å². The van der Waals surface area contributed by atoms with Crippen LogP contribution in [0.1, 0.15) is 27.0 Å². The average molecular weight is 494 g/mol. The van der Waals surface area contributed by atoms with E-state index in [2.05, 4.69) is 10.4 Å². The van der Waals surface area contributed by atoms with Gasteiger partial charge in [-0.1, -0.05) is 23.7 Å². The average Bonchev–Trinajstić information content (AvgIpc) is 3.14. The van der Waals surface area contributed by atoms with Crippen LogP contribution in [0.5, 0.6) is 0 Å². The van der Waals surface area contributed by atoms with Crippen molar-refractivity contribution in [3.8, 4) is 5.69 Å². The summed E-state index contributed by atoms with van der Waals surface area (Å²) < 4.78 is 94.2. The Bertz CT molecular complexity index is 1150. The van der Waals surface area contributed by atoms with Gasteiger partial charge in [0, 0.05) is 23.0 Å². The first kappa shape index (κ1) is 24.6. The van der Waals surface area contributed by atoms with Crippen LogP contribution < -0.4 is 5.32 Å². The molecule has 0 aliphatic heterocycles. The van der Waals surface area contributed by atoms with E-state index in [4.69, 9.17) is 11.6 Å². The minimum Gasteiger partial charge on any atom is -0.322 e. The SMILES string of the molecule is Cc1cc(C(F)(C(F)(F)F)C(F)(F)F)cc(C)c1NC(=O)c1ccc(-n2cc(Cl)cn2)cc1. The molecule has 2 aromatic carbocycles. The van der Waals surface area contributed by atoms with Crippen molar-refractivity contribution in [2.24, 2.45) is 0 Å². The van der Waals surface area contributed by atoms with E-state index in [0.29, 0.717) is 22.8 Å². The summed E-state index contributed by atoms with van der Waals surface area (Å²) in [6.45, 7) is 2.34. The summed E-state index contributed by atoms with van der Waals surface area (Å²) in [5, 5.41) is 6.86. The van der Waals surface area contributed by atoms with E-state index in [9.17, 15) is 35.5 Å². The van der Waals surface area contributed by atoms with Crippen LogP contribution in [0, 0.1) is 13.8 Å². The number of nitrogens with one attached hydrogen (secondary N) is 1. The number of hydrogen-bond donors (Lipinski definition) is 1. The van der Waals surface area contributed by atoms with E-state index in [-0.39, 0.29) is 22.4 Å². The minimum atomic E-state index is -6.23. The Morgan fingerprint density at radius 3 is 1.88 bits per heavy atom. The highest BCUT2D eigenvalue weighted by Crippen LogP contribution is 2.53. The molecule has 0 saturated heterocycles. The number of amides is 1. The molecule has 0 atom stereocenters. The smallest absolute Gasteiger partial charge is 0.322 e. The summed E-state index contributed by atoms with van der Waals surface area (Å²) in [5.41, 5.74) is -6.79. The van der Waals surface area contributed by atoms with Crippen LogP contribution in [-0.4, -0.2) is 28.0 Å². The normalized spacial score (nSPS) is 12.7. The summed E-state index contributed by atoms with van der Waals surface area (Å²) in [6.07, 6.45) is -9.50. The fraction of sp³-hybridized carbons (Fsp3) is 0.238. The molecule has 0 unspecified atom stereocenters. The molecule has 0 spiro atoms. The molecule has 0 radical (unpaired) electrons. The molecular weight excluding hydrogens is 479 g/mol. The maximum absolute atomic E-state index is 14.4. The molecule has 1 aromatic heterocycles. The molecule has 1 amide bonds. The maximum atomic E-state index is 14.4. The van der Waals surface area contributed by atoms with Crippen molar-refractivity contribution in [3.05, 3.63) is 76.1 Å². The molecule has 33 heavy (non-hydrogen) atoms. The van der Waals surface area contributed by atoms with Crippen molar-refractivity contribution in [1.29, 1.82) is 0 Å². The van der Waals surface area contributed by atoms with E-state index in [1.807, 2.05) is 0 Å². The second kappa shape index (κ2) is 8.36. The zero-order valence-electron chi connectivity index (χ0n) is 16.9. The van der Waals surface area contributed by atoms with Gasteiger partial charge < -0.3 is 5.32 Å². The highest BCUT2D eigenvalue weighted by Gasteiger charge is 2.73. The lowest BCUT2D eigenvalue weighted by atomic mass is 9.90. The fourth-order valence-electron chi connectivity index (χ4n) is 3.24. The summed E-state index contributed by atoms with van der Waals surface area (Å²) in [5.74, 6) is -0.669. The van der Waals surface area contributed by atoms with Gasteiger partial charge in [-0.3, -0.25) is 4.79 Å². The van der Waals surface area contributed by atoms with Crippen molar-refractivity contribution in [2.75, 3.05) is 5.32 Å². The van der Waals surface area contributed by atoms with E-state index in [1.165, 1.54) is 43.1 Å². The lowest BCUT2D eigenvalue weighted by Crippen LogP contribution is -2.50. The number of carbonyl (C=O) groups is 1. The van der Waals surface area contributed by atoms with Crippen molar-refractivity contribution in [1.82, 2.24) is 9.78 Å². The zero-order valence-corrected chi connectivity index (χ0v) is 17.7. The van der Waals surface area contributed by atoms with Gasteiger partial charge in [-0.15, -0.1) is 0 Å². The van der Waals surface area contributed by atoms with Crippen LogP contribution in [0.2, 0.25) is 5.02 Å². The second-order valence-corrected chi connectivity index (χ2v) is 7.68. The lowest BCUT2D eigenvalue weighted by molar-refractivity contribution is -0.348. The van der Waals surface area contributed by atoms with Crippen LogP contribution in [0.3, 0.4) is 0 Å². The van der Waals surface area contributed by atoms with Gasteiger partial charge in [0.15, 0.2) is 0 Å². The predicted molar refractivity (Wildman–Crippen MR) is 107 cm³/mol. The predicted octanol–water partition coefficient (Wildman–Crippen LogP) is 6.68. The van der Waals surface area contributed by atoms with Crippen LogP contribution in [-0.2, 0) is 5.67 Å². The number of halogens is 8. The van der Waals surface area contributed by atoms with Crippen LogP contribution >= 0.6 is 11.6 Å². The number of nitrogens with zero attached hydrogens (tertiary/aromatic N) is 2. The van der Waals surface area contributed by atoms with Gasteiger partial charge in [-0.2, -0.15) is 31.4 Å². The number of hydrogen-bond acceptors (Lipinski definition) is 2. The monoisotopic (exact) mass is 493 g/mol. The summed E-state index contributed by atoms with van der Waals surface area (Å²) in [6, 6.07) is 6.86. The summed E-state index contributed by atoms with van der Waals surface area (Å²) >= 11 is 5.81. The quantitative estimate of drug-likeness (QED) is 0.412. The molecule has 0 fully saturated rings. The minimum absolute atomic E-state index is 0.0293. The highest BCUT2D eigenvalue weighted by atomic mass is 35.5. The highest BCUT2D eigenvalue weighted by molar-refractivity contribution is 6.30. The standard InChI is InChI=1S/C21H15ClF7N3O/c1-11-7-14(19(23,20(24,25)26)21(27,28)29)8-12(2)17(11)31-18(33)13-3-5-16(6-4-13)32-10-15(22)9-30-32/h3-10H,1-2H3,(H,31,33). The van der Waals surface area contributed by atoms with Gasteiger partial charge in [0.25, 0.3) is 5.91 Å². The molecule has 3 rings (SSSR count). The maximum Gasteiger partial charge on any atom is 0.435 e. The molecule has 1 heterocycles. The molecule has 0 bridgehead atoms. The number of anilines is 1. The van der Waals surface area contributed by atoms with E-state index in [1.54, 1.807) is 12.1 Å². The van der Waals surface area contributed by atoms with Gasteiger partial charge in [-0.25, -0.2) is 9.07 Å². The topological polar surface area (TPSA) is 46.9 Å². The number of carbonyl (C=O) groups excluding carboxylic acids is 1. The number of benzene rings is 2. The van der Waals surface area contributed by atoms with Crippen molar-refractivity contribution >= 4 is 23.2 Å². The molecule has 12 heteroatoms. The van der Waals surface area contributed by atoms with Crippen molar-refractivity contribution in [3.63, 3.8) is 0 Å². The van der Waals surface area contributed by atoms with E-state index >= 15 is 0 Å². The molecule has 0 saturated carbocycles. The molecule has 1 N–H and O–H groups in total. The Morgan fingerprint density at radius 2 is 1.45 bits per heavy atom. The molecule has 0 aliphatic rings.